The quantitative estimate of drug-likeness (QED) is 0.816. The number of aryl methyl sites for hydroxylation is 2. The van der Waals surface area contributed by atoms with E-state index >= 15 is 0 Å². The zero-order valence-corrected chi connectivity index (χ0v) is 16.6. The Hall–Kier alpha value is -2.41. The molecule has 4 heterocycles. The maximum absolute atomic E-state index is 4.72. The lowest BCUT2D eigenvalue weighted by Gasteiger charge is -2.37. The SMILES string of the molecule is Cc1cccc(N2CCN(c3cc(N4CCN(C)CC4)nc(C)n3)CC2)n1. The fourth-order valence-electron chi connectivity index (χ4n) is 3.77. The summed E-state index contributed by atoms with van der Waals surface area (Å²) in [5.74, 6) is 4.04. The van der Waals surface area contributed by atoms with E-state index in [1.165, 1.54) is 0 Å². The zero-order chi connectivity index (χ0) is 18.8. The Bertz CT molecular complexity index is 778. The molecule has 0 unspecified atom stereocenters. The van der Waals surface area contributed by atoms with Crippen molar-refractivity contribution < 1.29 is 0 Å². The summed E-state index contributed by atoms with van der Waals surface area (Å²) in [6, 6.07) is 8.39. The van der Waals surface area contributed by atoms with Crippen LogP contribution in [0, 0.1) is 13.8 Å². The summed E-state index contributed by atoms with van der Waals surface area (Å²) in [6.07, 6.45) is 0. The van der Waals surface area contributed by atoms with Crippen LogP contribution in [0.3, 0.4) is 0 Å². The molecule has 2 fully saturated rings. The molecule has 0 spiro atoms. The second-order valence-electron chi connectivity index (χ2n) is 7.53. The molecule has 2 aliphatic heterocycles. The number of anilines is 3. The minimum atomic E-state index is 0.851. The van der Waals surface area contributed by atoms with Crippen LogP contribution in [0.15, 0.2) is 24.3 Å². The molecule has 2 aromatic rings. The smallest absolute Gasteiger partial charge is 0.134 e. The Balaban J connectivity index is 1.45. The third-order valence-electron chi connectivity index (χ3n) is 5.44. The summed E-state index contributed by atoms with van der Waals surface area (Å²) in [7, 11) is 2.18. The van der Waals surface area contributed by atoms with Crippen LogP contribution in [0.1, 0.15) is 11.5 Å². The topological polar surface area (TPSA) is 51.6 Å². The number of aromatic nitrogens is 3. The molecule has 0 aromatic carbocycles. The maximum atomic E-state index is 4.72. The van der Waals surface area contributed by atoms with Crippen molar-refractivity contribution in [2.75, 3.05) is 74.1 Å². The second kappa shape index (κ2) is 7.68. The van der Waals surface area contributed by atoms with Gasteiger partial charge in [-0.3, -0.25) is 0 Å². The first-order chi connectivity index (χ1) is 13.1. The van der Waals surface area contributed by atoms with Crippen molar-refractivity contribution in [1.29, 1.82) is 0 Å². The molecule has 0 atom stereocenters. The lowest BCUT2D eigenvalue weighted by Crippen LogP contribution is -2.47. The van der Waals surface area contributed by atoms with E-state index in [0.717, 1.165) is 81.3 Å². The van der Waals surface area contributed by atoms with Crippen molar-refractivity contribution >= 4 is 17.5 Å². The Morgan fingerprint density at radius 1 is 0.667 bits per heavy atom. The van der Waals surface area contributed by atoms with E-state index in [4.69, 9.17) is 9.97 Å². The highest BCUT2D eigenvalue weighted by Gasteiger charge is 2.22. The molecule has 0 saturated carbocycles. The number of likely N-dealkylation sites (N-methyl/N-ethyl adjacent to an activating group) is 1. The first kappa shape index (κ1) is 18.0. The number of pyridine rings is 1. The minimum absolute atomic E-state index is 0.851. The van der Waals surface area contributed by atoms with Crippen molar-refractivity contribution in [3.8, 4) is 0 Å². The van der Waals surface area contributed by atoms with E-state index in [1.54, 1.807) is 0 Å². The summed E-state index contributed by atoms with van der Waals surface area (Å²) in [6.45, 7) is 12.1. The molecule has 2 saturated heterocycles. The minimum Gasteiger partial charge on any atom is -0.354 e. The van der Waals surface area contributed by atoms with Crippen molar-refractivity contribution in [1.82, 2.24) is 19.9 Å². The molecule has 7 heteroatoms. The summed E-state index contributed by atoms with van der Waals surface area (Å²) < 4.78 is 0. The van der Waals surface area contributed by atoms with E-state index < -0.39 is 0 Å². The van der Waals surface area contributed by atoms with Gasteiger partial charge in [-0.2, -0.15) is 0 Å². The van der Waals surface area contributed by atoms with E-state index in [1.807, 2.05) is 19.9 Å². The van der Waals surface area contributed by atoms with E-state index in [-0.39, 0.29) is 0 Å². The van der Waals surface area contributed by atoms with Crippen molar-refractivity contribution in [2.24, 2.45) is 0 Å². The van der Waals surface area contributed by atoms with E-state index in [2.05, 4.69) is 49.8 Å². The van der Waals surface area contributed by atoms with Gasteiger partial charge in [0.05, 0.1) is 0 Å². The highest BCUT2D eigenvalue weighted by Crippen LogP contribution is 2.22. The first-order valence-corrected chi connectivity index (χ1v) is 9.81. The van der Waals surface area contributed by atoms with Crippen molar-refractivity contribution in [3.63, 3.8) is 0 Å². The third kappa shape index (κ3) is 4.13. The number of hydrogen-bond donors (Lipinski definition) is 0. The third-order valence-corrected chi connectivity index (χ3v) is 5.44. The molecule has 7 nitrogen and oxygen atoms in total. The van der Waals surface area contributed by atoms with Gasteiger partial charge in [0.2, 0.25) is 0 Å². The van der Waals surface area contributed by atoms with E-state index in [9.17, 15) is 0 Å². The van der Waals surface area contributed by atoms with Gasteiger partial charge in [0.15, 0.2) is 0 Å². The standard InChI is InChI=1S/C20H29N7/c1-16-5-4-6-18(21-16)25-11-13-27(14-12-25)20-15-19(22-17(2)23-20)26-9-7-24(3)8-10-26/h4-6,15H,7-14H2,1-3H3. The maximum Gasteiger partial charge on any atom is 0.134 e. The number of piperazine rings is 2. The zero-order valence-electron chi connectivity index (χ0n) is 16.6. The average molecular weight is 368 g/mol. The van der Waals surface area contributed by atoms with Gasteiger partial charge in [-0.1, -0.05) is 6.07 Å². The molecular weight excluding hydrogens is 338 g/mol. The molecule has 144 valence electrons. The summed E-state index contributed by atoms with van der Waals surface area (Å²) >= 11 is 0. The van der Waals surface area contributed by atoms with Crippen LogP contribution in [-0.2, 0) is 0 Å². The number of hydrogen-bond acceptors (Lipinski definition) is 7. The summed E-state index contributed by atoms with van der Waals surface area (Å²) in [5.41, 5.74) is 1.07. The molecule has 0 aliphatic carbocycles. The molecule has 0 bridgehead atoms. The highest BCUT2D eigenvalue weighted by atomic mass is 15.3. The Kier molecular flexibility index (Phi) is 5.11. The number of rotatable bonds is 3. The second-order valence-corrected chi connectivity index (χ2v) is 7.53. The largest absolute Gasteiger partial charge is 0.354 e. The van der Waals surface area contributed by atoms with Gasteiger partial charge in [0.1, 0.15) is 23.3 Å². The fourth-order valence-corrected chi connectivity index (χ4v) is 3.77. The average Bonchev–Trinajstić information content (AvgIpc) is 2.68. The van der Waals surface area contributed by atoms with Gasteiger partial charge < -0.3 is 19.6 Å². The van der Waals surface area contributed by atoms with Crippen LogP contribution in [0.5, 0.6) is 0 Å². The van der Waals surface area contributed by atoms with Gasteiger partial charge in [0, 0.05) is 64.1 Å². The molecule has 0 radical (unpaired) electrons. The van der Waals surface area contributed by atoms with Crippen LogP contribution < -0.4 is 14.7 Å². The lowest BCUT2D eigenvalue weighted by atomic mass is 10.2. The molecule has 27 heavy (non-hydrogen) atoms. The predicted molar refractivity (Wildman–Crippen MR) is 110 cm³/mol. The first-order valence-electron chi connectivity index (χ1n) is 9.81. The fraction of sp³-hybridized carbons (Fsp3) is 0.550. The van der Waals surface area contributed by atoms with E-state index in [0.29, 0.717) is 0 Å². The normalized spacial score (nSPS) is 18.9. The van der Waals surface area contributed by atoms with Crippen LogP contribution in [0.2, 0.25) is 0 Å². The molecular formula is C20H29N7. The van der Waals surface area contributed by atoms with Gasteiger partial charge in [-0.15, -0.1) is 0 Å². The van der Waals surface area contributed by atoms with Gasteiger partial charge in [-0.25, -0.2) is 15.0 Å². The van der Waals surface area contributed by atoms with Crippen molar-refractivity contribution in [3.05, 3.63) is 35.8 Å². The summed E-state index contributed by atoms with van der Waals surface area (Å²) in [4.78, 5) is 23.6. The predicted octanol–water partition coefficient (Wildman–Crippen LogP) is 1.57. The summed E-state index contributed by atoms with van der Waals surface area (Å²) in [5, 5.41) is 0. The van der Waals surface area contributed by atoms with Gasteiger partial charge >= 0.3 is 0 Å². The van der Waals surface area contributed by atoms with Crippen LogP contribution in [0.25, 0.3) is 0 Å². The molecule has 2 aromatic heterocycles. The monoisotopic (exact) mass is 367 g/mol. The van der Waals surface area contributed by atoms with Crippen LogP contribution in [0.4, 0.5) is 17.5 Å². The Morgan fingerprint density at radius 2 is 1.19 bits per heavy atom. The highest BCUT2D eigenvalue weighted by molar-refractivity contribution is 5.53. The Morgan fingerprint density at radius 3 is 1.74 bits per heavy atom. The van der Waals surface area contributed by atoms with Crippen LogP contribution >= 0.6 is 0 Å². The Labute approximate surface area is 161 Å². The van der Waals surface area contributed by atoms with Gasteiger partial charge in [-0.05, 0) is 33.0 Å². The van der Waals surface area contributed by atoms with Crippen molar-refractivity contribution in [2.45, 2.75) is 13.8 Å². The molecule has 0 N–H and O–H groups in total. The molecule has 0 amide bonds. The molecule has 2 aliphatic rings. The van der Waals surface area contributed by atoms with Crippen LogP contribution in [-0.4, -0.2) is 79.3 Å². The lowest BCUT2D eigenvalue weighted by molar-refractivity contribution is 0.312. The molecule has 4 rings (SSSR count). The number of nitrogens with zero attached hydrogens (tertiary/aromatic N) is 7. The van der Waals surface area contributed by atoms with Gasteiger partial charge in [0.25, 0.3) is 0 Å².